The van der Waals surface area contributed by atoms with Crippen LogP contribution in [-0.4, -0.2) is 15.0 Å². The summed E-state index contributed by atoms with van der Waals surface area (Å²) in [5.41, 5.74) is 4.00. The Labute approximate surface area is 164 Å². The lowest BCUT2D eigenvalue weighted by Crippen LogP contribution is -2.16. The van der Waals surface area contributed by atoms with E-state index in [1.807, 2.05) is 25.1 Å². The fourth-order valence-electron chi connectivity index (χ4n) is 3.80. The molecule has 28 heavy (non-hydrogen) atoms. The van der Waals surface area contributed by atoms with Crippen molar-refractivity contribution in [2.45, 2.75) is 31.9 Å². The van der Waals surface area contributed by atoms with Crippen molar-refractivity contribution in [1.82, 2.24) is 5.32 Å². The van der Waals surface area contributed by atoms with E-state index in [9.17, 15) is 12.8 Å². The maximum atomic E-state index is 13.8. The number of hydrogen-bond donors (Lipinski definition) is 1. The van der Waals surface area contributed by atoms with Gasteiger partial charge >= 0.3 is 0 Å². The van der Waals surface area contributed by atoms with Gasteiger partial charge in [-0.3, -0.25) is 10.0 Å². The van der Waals surface area contributed by atoms with Gasteiger partial charge in [-0.1, -0.05) is 31.5 Å². The predicted molar refractivity (Wildman–Crippen MR) is 111 cm³/mol. The zero-order valence-corrected chi connectivity index (χ0v) is 16.5. The van der Waals surface area contributed by atoms with Gasteiger partial charge in [-0.2, -0.15) is 0 Å². The fourth-order valence-corrected chi connectivity index (χ4v) is 5.02. The van der Waals surface area contributed by atoms with E-state index in [4.69, 9.17) is 0 Å². The molecule has 4 rings (SSSR count). The van der Waals surface area contributed by atoms with Gasteiger partial charge in [0.25, 0.3) is 0 Å². The molecule has 0 atom stereocenters. The summed E-state index contributed by atoms with van der Waals surface area (Å²) >= 11 is 0. The summed E-state index contributed by atoms with van der Waals surface area (Å²) in [6.07, 6.45) is 2.39. The van der Waals surface area contributed by atoms with Gasteiger partial charge in [0.05, 0.1) is 17.1 Å². The smallest absolute Gasteiger partial charge is 0.236 e. The molecular weight excluding hydrogens is 375 g/mol. The van der Waals surface area contributed by atoms with Crippen LogP contribution >= 0.6 is 0 Å². The number of sulfonamides is 1. The Bertz CT molecular complexity index is 1140. The first kappa shape index (κ1) is 18.7. The molecule has 145 valence electrons. The highest BCUT2D eigenvalue weighted by molar-refractivity contribution is 7.91. The first-order valence-electron chi connectivity index (χ1n) is 9.46. The van der Waals surface area contributed by atoms with Gasteiger partial charge in [0, 0.05) is 12.1 Å². The molecule has 1 aliphatic rings. The average molecular weight is 397 g/mol. The van der Waals surface area contributed by atoms with Crippen molar-refractivity contribution in [3.05, 3.63) is 71.0 Å². The summed E-state index contributed by atoms with van der Waals surface area (Å²) in [6.45, 7) is 2.73. The largest absolute Gasteiger partial charge is 0.285 e. The zero-order valence-electron chi connectivity index (χ0n) is 15.7. The van der Waals surface area contributed by atoms with E-state index < -0.39 is 10.0 Å². The molecule has 0 aliphatic carbocycles. The van der Waals surface area contributed by atoms with Gasteiger partial charge in [0.2, 0.25) is 10.0 Å². The molecule has 0 amide bonds. The Balaban J connectivity index is 1.63. The second kappa shape index (κ2) is 7.43. The molecule has 0 saturated carbocycles. The number of rotatable bonds is 6. The number of hydrogen-bond acceptors (Lipinski definition) is 2. The van der Waals surface area contributed by atoms with Crippen LogP contribution in [0.2, 0.25) is 0 Å². The van der Waals surface area contributed by atoms with Crippen LogP contribution in [0.15, 0.2) is 48.5 Å². The standard InChI is InChI=1S/C22H22FN2O2S/c1-2-4-16-12-18(23)13-17-8-7-15(11-20(16)17)14-28(26,27)25-22-6-3-5-21-19(22)9-10-24-21/h3,5-8,11-13,25H,2,4,9-10,14H2,1H3. The van der Waals surface area contributed by atoms with Crippen molar-refractivity contribution >= 4 is 32.2 Å². The maximum absolute atomic E-state index is 13.8. The first-order valence-corrected chi connectivity index (χ1v) is 11.1. The van der Waals surface area contributed by atoms with Gasteiger partial charge < -0.3 is 0 Å². The second-order valence-electron chi connectivity index (χ2n) is 7.17. The predicted octanol–water partition coefficient (Wildman–Crippen LogP) is 4.67. The van der Waals surface area contributed by atoms with Crippen LogP contribution in [-0.2, 0) is 28.6 Å². The van der Waals surface area contributed by atoms with Crippen LogP contribution in [0.1, 0.15) is 30.0 Å². The van der Waals surface area contributed by atoms with Crippen LogP contribution in [0.25, 0.3) is 10.8 Å². The Morgan fingerprint density at radius 3 is 2.82 bits per heavy atom. The lowest BCUT2D eigenvalue weighted by molar-refractivity contribution is 0.600. The Morgan fingerprint density at radius 2 is 2.00 bits per heavy atom. The normalized spacial score (nSPS) is 13.4. The van der Waals surface area contributed by atoms with Crippen molar-refractivity contribution in [3.8, 4) is 0 Å². The monoisotopic (exact) mass is 397 g/mol. The van der Waals surface area contributed by atoms with Crippen molar-refractivity contribution in [1.29, 1.82) is 0 Å². The van der Waals surface area contributed by atoms with Crippen LogP contribution in [0, 0.1) is 5.82 Å². The van der Waals surface area contributed by atoms with Crippen LogP contribution in [0.4, 0.5) is 15.8 Å². The van der Waals surface area contributed by atoms with Gasteiger partial charge in [-0.05, 0) is 65.1 Å². The quantitative estimate of drug-likeness (QED) is 0.657. The molecule has 0 fully saturated rings. The van der Waals surface area contributed by atoms with Crippen molar-refractivity contribution in [2.75, 3.05) is 11.3 Å². The molecule has 4 nitrogen and oxygen atoms in total. The van der Waals surface area contributed by atoms with Gasteiger partial charge in [-0.15, -0.1) is 0 Å². The van der Waals surface area contributed by atoms with E-state index in [0.29, 0.717) is 17.8 Å². The summed E-state index contributed by atoms with van der Waals surface area (Å²) in [7, 11) is -3.58. The Hall–Kier alpha value is -2.60. The molecule has 3 aromatic carbocycles. The highest BCUT2D eigenvalue weighted by Gasteiger charge is 2.19. The number of nitrogens with one attached hydrogen (secondary N) is 1. The third-order valence-electron chi connectivity index (χ3n) is 5.01. The highest BCUT2D eigenvalue weighted by atomic mass is 32.2. The van der Waals surface area contributed by atoms with Gasteiger partial charge in [0.1, 0.15) is 5.82 Å². The van der Waals surface area contributed by atoms with Crippen LogP contribution in [0.3, 0.4) is 0 Å². The van der Waals surface area contributed by atoms with E-state index in [0.717, 1.165) is 46.8 Å². The number of aryl methyl sites for hydroxylation is 1. The number of fused-ring (bicyclic) bond motifs is 2. The van der Waals surface area contributed by atoms with E-state index in [2.05, 4.69) is 10.0 Å². The highest BCUT2D eigenvalue weighted by Crippen LogP contribution is 2.30. The summed E-state index contributed by atoms with van der Waals surface area (Å²) in [4.78, 5) is 0. The molecule has 1 N–H and O–H groups in total. The number of benzene rings is 3. The van der Waals surface area contributed by atoms with Crippen LogP contribution in [0.5, 0.6) is 0 Å². The molecule has 1 heterocycles. The summed E-state index contributed by atoms with van der Waals surface area (Å²) in [6, 6.07) is 13.9. The molecule has 3 aromatic rings. The van der Waals surface area contributed by atoms with Gasteiger partial charge in [-0.25, -0.2) is 12.8 Å². The molecule has 0 saturated heterocycles. The molecule has 1 radical (unpaired) electrons. The average Bonchev–Trinajstić information content (AvgIpc) is 3.12. The lowest BCUT2D eigenvalue weighted by atomic mass is 9.99. The first-order chi connectivity index (χ1) is 13.4. The minimum absolute atomic E-state index is 0.132. The molecule has 0 aromatic heterocycles. The van der Waals surface area contributed by atoms with E-state index in [1.165, 1.54) is 6.07 Å². The lowest BCUT2D eigenvalue weighted by Gasteiger charge is -2.13. The molecular formula is C22H22FN2O2S. The third-order valence-corrected chi connectivity index (χ3v) is 6.25. The minimum atomic E-state index is -3.58. The SMILES string of the molecule is CCCc1cc(F)cc2ccc(CS(=O)(=O)Nc3cccc4c3CC[N]4)cc12. The maximum Gasteiger partial charge on any atom is 0.236 e. The zero-order chi connectivity index (χ0) is 19.7. The molecule has 0 spiro atoms. The number of halogens is 1. The molecule has 6 heteroatoms. The third kappa shape index (κ3) is 3.83. The van der Waals surface area contributed by atoms with Crippen molar-refractivity contribution in [3.63, 3.8) is 0 Å². The number of nitrogens with zero attached hydrogens (tertiary/aromatic N) is 1. The van der Waals surface area contributed by atoms with E-state index in [-0.39, 0.29) is 11.6 Å². The minimum Gasteiger partial charge on any atom is -0.285 e. The number of anilines is 1. The van der Waals surface area contributed by atoms with Crippen molar-refractivity contribution in [2.24, 2.45) is 0 Å². The Morgan fingerprint density at radius 1 is 1.14 bits per heavy atom. The van der Waals surface area contributed by atoms with Gasteiger partial charge in [0.15, 0.2) is 0 Å². The molecule has 0 bridgehead atoms. The Kier molecular flexibility index (Phi) is 4.98. The summed E-state index contributed by atoms with van der Waals surface area (Å²) in [5, 5.41) is 6.08. The van der Waals surface area contributed by atoms with E-state index >= 15 is 0 Å². The van der Waals surface area contributed by atoms with Crippen LogP contribution < -0.4 is 10.0 Å². The topological polar surface area (TPSA) is 60.3 Å². The summed E-state index contributed by atoms with van der Waals surface area (Å²) in [5.74, 6) is -0.395. The summed E-state index contributed by atoms with van der Waals surface area (Å²) < 4.78 is 42.1. The van der Waals surface area contributed by atoms with E-state index in [1.54, 1.807) is 24.3 Å². The molecule has 1 aliphatic heterocycles. The van der Waals surface area contributed by atoms with Crippen molar-refractivity contribution < 1.29 is 12.8 Å². The fraction of sp³-hybridized carbons (Fsp3) is 0.273. The molecule has 0 unspecified atom stereocenters. The second-order valence-corrected chi connectivity index (χ2v) is 8.89.